The second-order valence-corrected chi connectivity index (χ2v) is 5.44. The van der Waals surface area contributed by atoms with Gasteiger partial charge in [-0.25, -0.2) is 0 Å². The van der Waals surface area contributed by atoms with Crippen molar-refractivity contribution >= 4 is 0 Å². The SMILES string of the molecule is CCCC1CNCCC12CCOC(C)C2. The molecule has 15 heavy (non-hydrogen) atoms. The van der Waals surface area contributed by atoms with Crippen LogP contribution in [0, 0.1) is 11.3 Å². The van der Waals surface area contributed by atoms with Crippen LogP contribution in [0.15, 0.2) is 0 Å². The number of hydrogen-bond acceptors (Lipinski definition) is 2. The fourth-order valence-corrected chi connectivity index (χ4v) is 3.59. The summed E-state index contributed by atoms with van der Waals surface area (Å²) in [6.45, 7) is 7.99. The Morgan fingerprint density at radius 1 is 1.40 bits per heavy atom. The van der Waals surface area contributed by atoms with E-state index in [-0.39, 0.29) is 0 Å². The van der Waals surface area contributed by atoms with Crippen LogP contribution < -0.4 is 5.32 Å². The lowest BCUT2D eigenvalue weighted by Gasteiger charge is -2.49. The summed E-state index contributed by atoms with van der Waals surface area (Å²) in [6, 6.07) is 0. The molecule has 1 N–H and O–H groups in total. The molecule has 0 aromatic heterocycles. The molecule has 3 atom stereocenters. The molecule has 1 spiro atoms. The van der Waals surface area contributed by atoms with Gasteiger partial charge < -0.3 is 10.1 Å². The summed E-state index contributed by atoms with van der Waals surface area (Å²) in [5.74, 6) is 0.891. The Labute approximate surface area is 93.8 Å². The lowest BCUT2D eigenvalue weighted by Crippen LogP contribution is -2.49. The van der Waals surface area contributed by atoms with Gasteiger partial charge in [-0.05, 0) is 57.0 Å². The molecule has 0 amide bonds. The highest BCUT2D eigenvalue weighted by atomic mass is 16.5. The third kappa shape index (κ3) is 2.36. The molecule has 3 unspecified atom stereocenters. The molecule has 2 heteroatoms. The molecule has 2 heterocycles. The van der Waals surface area contributed by atoms with Crippen molar-refractivity contribution in [3.8, 4) is 0 Å². The molecule has 2 aliphatic heterocycles. The van der Waals surface area contributed by atoms with Crippen molar-refractivity contribution in [2.45, 2.75) is 52.1 Å². The third-order valence-corrected chi connectivity index (χ3v) is 4.39. The van der Waals surface area contributed by atoms with Crippen molar-refractivity contribution in [2.24, 2.45) is 11.3 Å². The predicted molar refractivity (Wildman–Crippen MR) is 63.0 cm³/mol. The normalized spacial score (nSPS) is 42.0. The van der Waals surface area contributed by atoms with Gasteiger partial charge in [0.2, 0.25) is 0 Å². The van der Waals surface area contributed by atoms with Crippen molar-refractivity contribution in [3.05, 3.63) is 0 Å². The van der Waals surface area contributed by atoms with E-state index in [4.69, 9.17) is 4.74 Å². The van der Waals surface area contributed by atoms with Gasteiger partial charge in [-0.3, -0.25) is 0 Å². The summed E-state index contributed by atoms with van der Waals surface area (Å²) in [5.41, 5.74) is 0.610. The number of nitrogens with one attached hydrogen (secondary N) is 1. The van der Waals surface area contributed by atoms with Crippen molar-refractivity contribution in [3.63, 3.8) is 0 Å². The third-order valence-electron chi connectivity index (χ3n) is 4.39. The minimum absolute atomic E-state index is 0.483. The lowest BCUT2D eigenvalue weighted by molar-refractivity contribution is -0.0768. The van der Waals surface area contributed by atoms with E-state index in [0.29, 0.717) is 11.5 Å². The maximum Gasteiger partial charge on any atom is 0.0552 e. The molecule has 0 aromatic rings. The minimum atomic E-state index is 0.483. The van der Waals surface area contributed by atoms with Crippen molar-refractivity contribution in [2.75, 3.05) is 19.7 Å². The summed E-state index contributed by atoms with van der Waals surface area (Å²) >= 11 is 0. The highest BCUT2D eigenvalue weighted by Crippen LogP contribution is 2.46. The summed E-state index contributed by atoms with van der Waals surface area (Å²) in [4.78, 5) is 0. The second kappa shape index (κ2) is 4.84. The zero-order valence-corrected chi connectivity index (χ0v) is 10.2. The van der Waals surface area contributed by atoms with Crippen molar-refractivity contribution in [1.29, 1.82) is 0 Å². The molecule has 0 bridgehead atoms. The number of rotatable bonds is 2. The standard InChI is InChI=1S/C13H25NO/c1-3-4-12-10-14-7-5-13(12)6-8-15-11(2)9-13/h11-12,14H,3-10H2,1-2H3. The van der Waals surface area contributed by atoms with Gasteiger partial charge in [-0.15, -0.1) is 0 Å². The van der Waals surface area contributed by atoms with Gasteiger partial charge in [0.25, 0.3) is 0 Å². The molecule has 2 aliphatic rings. The highest BCUT2D eigenvalue weighted by molar-refractivity contribution is 4.94. The van der Waals surface area contributed by atoms with E-state index < -0.39 is 0 Å². The zero-order valence-electron chi connectivity index (χ0n) is 10.2. The Morgan fingerprint density at radius 2 is 2.27 bits per heavy atom. The Hall–Kier alpha value is -0.0800. The minimum Gasteiger partial charge on any atom is -0.378 e. The summed E-state index contributed by atoms with van der Waals surface area (Å²) in [5, 5.41) is 3.57. The van der Waals surface area contributed by atoms with Crippen molar-refractivity contribution < 1.29 is 4.74 Å². The Kier molecular flexibility index (Phi) is 3.68. The van der Waals surface area contributed by atoms with Gasteiger partial charge in [0.05, 0.1) is 6.10 Å². The number of hydrogen-bond donors (Lipinski definition) is 1. The van der Waals surface area contributed by atoms with Gasteiger partial charge in [0.1, 0.15) is 0 Å². The van der Waals surface area contributed by atoms with Gasteiger partial charge in [-0.2, -0.15) is 0 Å². The summed E-state index contributed by atoms with van der Waals surface area (Å²) in [7, 11) is 0. The second-order valence-electron chi connectivity index (χ2n) is 5.44. The first-order valence-electron chi connectivity index (χ1n) is 6.59. The van der Waals surface area contributed by atoms with Crippen LogP contribution in [0.5, 0.6) is 0 Å². The van der Waals surface area contributed by atoms with E-state index in [1.807, 2.05) is 0 Å². The molecule has 2 saturated heterocycles. The molecule has 0 aliphatic carbocycles. The molecule has 2 fully saturated rings. The first-order chi connectivity index (χ1) is 7.27. The van der Waals surface area contributed by atoms with Crippen LogP contribution in [0.25, 0.3) is 0 Å². The average molecular weight is 211 g/mol. The fraction of sp³-hybridized carbons (Fsp3) is 1.00. The first-order valence-corrected chi connectivity index (χ1v) is 6.59. The molecule has 0 saturated carbocycles. The molecular weight excluding hydrogens is 186 g/mol. The van der Waals surface area contributed by atoms with E-state index >= 15 is 0 Å². The molecule has 2 nitrogen and oxygen atoms in total. The van der Waals surface area contributed by atoms with Crippen LogP contribution in [-0.2, 0) is 4.74 Å². The number of piperidine rings is 1. The Bertz CT molecular complexity index is 201. The topological polar surface area (TPSA) is 21.3 Å². The van der Waals surface area contributed by atoms with Crippen LogP contribution in [0.2, 0.25) is 0 Å². The van der Waals surface area contributed by atoms with Crippen LogP contribution in [0.4, 0.5) is 0 Å². The highest BCUT2D eigenvalue weighted by Gasteiger charge is 2.42. The van der Waals surface area contributed by atoms with Gasteiger partial charge >= 0.3 is 0 Å². The smallest absolute Gasteiger partial charge is 0.0552 e. The van der Waals surface area contributed by atoms with Crippen molar-refractivity contribution in [1.82, 2.24) is 5.32 Å². The maximum atomic E-state index is 5.71. The molecule has 2 rings (SSSR count). The number of ether oxygens (including phenoxy) is 1. The fourth-order valence-electron chi connectivity index (χ4n) is 3.59. The van der Waals surface area contributed by atoms with Gasteiger partial charge in [0, 0.05) is 6.61 Å². The summed E-state index contributed by atoms with van der Waals surface area (Å²) < 4.78 is 5.71. The zero-order chi connectivity index (χ0) is 10.7. The Morgan fingerprint density at radius 3 is 3.00 bits per heavy atom. The van der Waals surface area contributed by atoms with E-state index in [0.717, 1.165) is 12.5 Å². The molecule has 88 valence electrons. The van der Waals surface area contributed by atoms with E-state index in [2.05, 4.69) is 19.2 Å². The van der Waals surface area contributed by atoms with Crippen LogP contribution >= 0.6 is 0 Å². The van der Waals surface area contributed by atoms with Gasteiger partial charge in [0.15, 0.2) is 0 Å². The van der Waals surface area contributed by atoms with E-state index in [1.165, 1.54) is 45.2 Å². The average Bonchev–Trinajstić information content (AvgIpc) is 2.22. The van der Waals surface area contributed by atoms with Gasteiger partial charge in [-0.1, -0.05) is 13.3 Å². The van der Waals surface area contributed by atoms with Crippen LogP contribution in [0.3, 0.4) is 0 Å². The molecule has 0 radical (unpaired) electrons. The quantitative estimate of drug-likeness (QED) is 0.758. The molecule has 0 aromatic carbocycles. The Balaban J connectivity index is 2.06. The largest absolute Gasteiger partial charge is 0.378 e. The van der Waals surface area contributed by atoms with E-state index in [9.17, 15) is 0 Å². The van der Waals surface area contributed by atoms with E-state index in [1.54, 1.807) is 0 Å². The maximum absolute atomic E-state index is 5.71. The van der Waals surface area contributed by atoms with Crippen LogP contribution in [0.1, 0.15) is 46.0 Å². The predicted octanol–water partition coefficient (Wildman–Crippen LogP) is 2.58. The monoisotopic (exact) mass is 211 g/mol. The summed E-state index contributed by atoms with van der Waals surface area (Å²) in [6.07, 6.45) is 7.15. The molecular formula is C13H25NO. The first kappa shape index (κ1) is 11.4. The lowest BCUT2D eigenvalue weighted by atomic mass is 9.63. The van der Waals surface area contributed by atoms with Crippen LogP contribution in [-0.4, -0.2) is 25.8 Å².